The number of hydrogen-bond donors (Lipinski definition) is 2. The van der Waals surface area contributed by atoms with Gasteiger partial charge in [-0.1, -0.05) is 12.8 Å². The topological polar surface area (TPSA) is 175 Å². The van der Waals surface area contributed by atoms with Gasteiger partial charge < -0.3 is 20.1 Å². The summed E-state index contributed by atoms with van der Waals surface area (Å²) in [7, 11) is 3.50. The van der Waals surface area contributed by atoms with Gasteiger partial charge in [-0.25, -0.2) is 22.8 Å². The van der Waals surface area contributed by atoms with Crippen molar-refractivity contribution in [3.63, 3.8) is 0 Å². The third-order valence-electron chi connectivity index (χ3n) is 10.8. The molecule has 8 aromatic rings. The van der Waals surface area contributed by atoms with Crippen LogP contribution < -0.4 is 30.1 Å². The molecule has 2 aromatic carbocycles. The first-order valence-electron chi connectivity index (χ1n) is 20.8. The van der Waals surface area contributed by atoms with Gasteiger partial charge in [0, 0.05) is 74.3 Å². The first-order chi connectivity index (χ1) is 32.4. The first-order valence-corrected chi connectivity index (χ1v) is 20.8. The molecule has 6 aromatic heterocycles. The lowest BCUT2D eigenvalue weighted by molar-refractivity contribution is 0.248. The highest BCUT2D eigenvalue weighted by atomic mass is 19.2. The number of benzene rings is 2. The van der Waals surface area contributed by atoms with Gasteiger partial charge in [-0.3, -0.25) is 29.0 Å². The van der Waals surface area contributed by atoms with Gasteiger partial charge in [-0.05, 0) is 56.2 Å². The number of anilines is 4. The van der Waals surface area contributed by atoms with E-state index in [9.17, 15) is 14.0 Å². The number of amides is 4. The van der Waals surface area contributed by atoms with E-state index in [0.717, 1.165) is 67.4 Å². The zero-order valence-electron chi connectivity index (χ0n) is 35.9. The molecule has 6 heterocycles. The van der Waals surface area contributed by atoms with Crippen molar-refractivity contribution in [2.75, 3.05) is 20.7 Å². The van der Waals surface area contributed by atoms with Crippen LogP contribution in [0.25, 0.3) is 22.5 Å². The Morgan fingerprint density at radius 1 is 0.672 bits per heavy atom. The van der Waals surface area contributed by atoms with Crippen LogP contribution >= 0.6 is 0 Å². The van der Waals surface area contributed by atoms with Gasteiger partial charge in [0.1, 0.15) is 34.4 Å². The molecule has 0 saturated heterocycles. The predicted octanol–water partition coefficient (Wildman–Crippen LogP) is 10.1. The summed E-state index contributed by atoms with van der Waals surface area (Å²) in [5, 5.41) is 19.0. The number of halogens is 4. The molecule has 17 nitrogen and oxygen atoms in total. The van der Waals surface area contributed by atoms with Crippen LogP contribution in [-0.4, -0.2) is 56.4 Å². The van der Waals surface area contributed by atoms with Gasteiger partial charge in [0.2, 0.25) is 5.82 Å². The molecule has 1 aliphatic carbocycles. The lowest BCUT2D eigenvalue weighted by Gasteiger charge is -2.34. The van der Waals surface area contributed by atoms with E-state index in [1.54, 1.807) is 72.0 Å². The summed E-state index contributed by atoms with van der Waals surface area (Å²) < 4.78 is 79.8. The Labute approximate surface area is 379 Å². The lowest BCUT2D eigenvalue weighted by atomic mass is 10.2. The standard InChI is InChI=1S/C46H39F4N13O4/c1-27-41(24-56-61(27)32-6-4-5-7-32)63(46(65)58-37-9-11-42(44(50)43(37)49)67-35-13-15-53-39(19-35)29-21-55-60(3)26-29)62(45(64)57-31-16-30(47)22-51-23-31)40-10-8-33(17-36(40)48)66-34-12-14-52-38(18-34)28-20-54-59(2)25-28/h8-26,32H,4-7H2,1-3H3,(H,57,64)(H,58,65). The number of aromatic nitrogens is 9. The number of hydrogen-bond acceptors (Lipinski definition) is 10. The van der Waals surface area contributed by atoms with Gasteiger partial charge in [-0.2, -0.15) is 29.7 Å². The Bertz CT molecular complexity index is 3130. The van der Waals surface area contributed by atoms with E-state index in [0.29, 0.717) is 39.0 Å². The molecular formula is C46H39F4N13O4. The summed E-state index contributed by atoms with van der Waals surface area (Å²) in [5.41, 5.74) is 1.40. The van der Waals surface area contributed by atoms with Crippen molar-refractivity contribution >= 4 is 34.8 Å². The van der Waals surface area contributed by atoms with Crippen LogP contribution in [0.4, 0.5) is 49.9 Å². The SMILES string of the molecule is Cc1c(N(C(=O)Nc2ccc(Oc3ccnc(-c4cnn(C)c4)c3)c(F)c2F)N(C(=O)Nc2cncc(F)c2)c2ccc(Oc3ccnc(-c4cnn(C)c4)c3)cc2F)cnn1C1CCCC1. The minimum absolute atomic E-state index is 0.000397. The molecule has 2 N–H and O–H groups in total. The Morgan fingerprint density at radius 2 is 1.30 bits per heavy atom. The summed E-state index contributed by atoms with van der Waals surface area (Å²) in [6.07, 6.45) is 16.4. The summed E-state index contributed by atoms with van der Waals surface area (Å²) in [6, 6.07) is 10.3. The summed E-state index contributed by atoms with van der Waals surface area (Å²) in [6.45, 7) is 1.65. The van der Waals surface area contributed by atoms with E-state index in [1.807, 2.05) is 0 Å². The van der Waals surface area contributed by atoms with Crippen molar-refractivity contribution in [1.82, 2.24) is 44.3 Å². The van der Waals surface area contributed by atoms with Gasteiger partial charge in [0.25, 0.3) is 0 Å². The van der Waals surface area contributed by atoms with Crippen molar-refractivity contribution in [3.05, 3.63) is 145 Å². The van der Waals surface area contributed by atoms with Crippen LogP contribution in [0.15, 0.2) is 116 Å². The second-order valence-electron chi connectivity index (χ2n) is 15.5. The molecule has 1 saturated carbocycles. The van der Waals surface area contributed by atoms with E-state index in [4.69, 9.17) is 9.47 Å². The molecule has 1 aliphatic rings. The minimum Gasteiger partial charge on any atom is -0.457 e. The van der Waals surface area contributed by atoms with Crippen LogP contribution in [0.3, 0.4) is 0 Å². The number of rotatable bonds is 11. The maximum Gasteiger partial charge on any atom is 0.346 e. The molecule has 0 unspecified atom stereocenters. The highest BCUT2D eigenvalue weighted by Crippen LogP contribution is 2.37. The molecule has 9 rings (SSSR count). The number of carbonyl (C=O) groups excluding carboxylic acids is 2. The monoisotopic (exact) mass is 913 g/mol. The van der Waals surface area contributed by atoms with Crippen LogP contribution in [0.1, 0.15) is 37.4 Å². The smallest absolute Gasteiger partial charge is 0.346 e. The third-order valence-corrected chi connectivity index (χ3v) is 10.8. The van der Waals surface area contributed by atoms with Crippen LogP contribution in [0.5, 0.6) is 23.0 Å². The van der Waals surface area contributed by atoms with Crippen molar-refractivity contribution in [1.29, 1.82) is 0 Å². The van der Waals surface area contributed by atoms with Gasteiger partial charge in [0.05, 0.1) is 65.5 Å². The number of urea groups is 2. The number of carbonyl (C=O) groups is 2. The number of ether oxygens (including phenoxy) is 2. The quantitative estimate of drug-likeness (QED) is 0.0938. The second-order valence-corrected chi connectivity index (χ2v) is 15.5. The Balaban J connectivity index is 1.08. The van der Waals surface area contributed by atoms with Crippen molar-refractivity contribution < 1.29 is 36.6 Å². The van der Waals surface area contributed by atoms with Crippen LogP contribution in [0.2, 0.25) is 0 Å². The van der Waals surface area contributed by atoms with Crippen molar-refractivity contribution in [2.45, 2.75) is 38.6 Å². The molecule has 4 amide bonds. The van der Waals surface area contributed by atoms with Gasteiger partial charge >= 0.3 is 12.1 Å². The average Bonchev–Trinajstić information content (AvgIpc) is 4.15. The molecule has 1 fully saturated rings. The van der Waals surface area contributed by atoms with E-state index >= 15 is 13.2 Å². The normalized spacial score (nSPS) is 12.5. The lowest BCUT2D eigenvalue weighted by Crippen LogP contribution is -2.54. The maximum atomic E-state index is 16.8. The molecule has 340 valence electrons. The molecule has 67 heavy (non-hydrogen) atoms. The zero-order valence-corrected chi connectivity index (χ0v) is 35.9. The van der Waals surface area contributed by atoms with E-state index < -0.39 is 52.5 Å². The van der Waals surface area contributed by atoms with Crippen LogP contribution in [0, 0.1) is 30.2 Å². The van der Waals surface area contributed by atoms with Crippen molar-refractivity contribution in [2.24, 2.45) is 14.1 Å². The minimum atomic E-state index is -1.51. The largest absolute Gasteiger partial charge is 0.457 e. The van der Waals surface area contributed by atoms with E-state index in [2.05, 4.69) is 40.9 Å². The fraction of sp³-hybridized carbons (Fsp3) is 0.174. The number of pyridine rings is 3. The van der Waals surface area contributed by atoms with Crippen LogP contribution in [-0.2, 0) is 14.1 Å². The second kappa shape index (κ2) is 18.5. The highest BCUT2D eigenvalue weighted by Gasteiger charge is 2.36. The maximum absolute atomic E-state index is 16.8. The molecule has 0 spiro atoms. The molecule has 0 bridgehead atoms. The fourth-order valence-electron chi connectivity index (χ4n) is 7.64. The zero-order chi connectivity index (χ0) is 46.8. The fourth-order valence-corrected chi connectivity index (χ4v) is 7.64. The highest BCUT2D eigenvalue weighted by molar-refractivity contribution is 6.13. The number of nitrogens with zero attached hydrogens (tertiary/aromatic N) is 11. The molecular weight excluding hydrogens is 875 g/mol. The van der Waals surface area contributed by atoms with Crippen molar-refractivity contribution in [3.8, 4) is 45.5 Å². The van der Waals surface area contributed by atoms with E-state index in [-0.39, 0.29) is 28.9 Å². The number of nitrogens with one attached hydrogen (secondary N) is 2. The average molecular weight is 914 g/mol. The Kier molecular flexibility index (Phi) is 12.0. The third kappa shape index (κ3) is 9.32. The molecule has 0 atom stereocenters. The molecule has 21 heteroatoms. The summed E-state index contributed by atoms with van der Waals surface area (Å²) >= 11 is 0. The van der Waals surface area contributed by atoms with E-state index in [1.165, 1.54) is 42.9 Å². The molecule has 0 aliphatic heterocycles. The number of hydrazine groups is 1. The van der Waals surface area contributed by atoms with Gasteiger partial charge in [0.15, 0.2) is 17.4 Å². The predicted molar refractivity (Wildman–Crippen MR) is 237 cm³/mol. The number of aryl methyl sites for hydroxylation is 2. The van der Waals surface area contributed by atoms with Gasteiger partial charge in [-0.15, -0.1) is 0 Å². The first kappa shape index (κ1) is 43.6. The summed E-state index contributed by atoms with van der Waals surface area (Å²) in [4.78, 5) is 41.8. The Hall–Kier alpha value is -8.62. The molecule has 0 radical (unpaired) electrons. The summed E-state index contributed by atoms with van der Waals surface area (Å²) in [5.74, 6) is -4.91. The Morgan fingerprint density at radius 3 is 1.93 bits per heavy atom.